The summed E-state index contributed by atoms with van der Waals surface area (Å²) in [5.74, 6) is 0.636. The molecule has 342 valence electrons. The number of nitrogens with two attached hydrogens (primary N) is 1. The molecule has 3 aromatic heterocycles. The summed E-state index contributed by atoms with van der Waals surface area (Å²) >= 11 is 0. The molecule has 0 aliphatic carbocycles. The van der Waals surface area contributed by atoms with E-state index in [9.17, 15) is 20.4 Å². The van der Waals surface area contributed by atoms with Crippen molar-refractivity contribution in [2.24, 2.45) is 10.2 Å². The first-order chi connectivity index (χ1) is 32.9. The van der Waals surface area contributed by atoms with Crippen molar-refractivity contribution in [3.63, 3.8) is 0 Å². The number of anilines is 1. The van der Waals surface area contributed by atoms with Gasteiger partial charge >= 0.3 is 0 Å². The van der Waals surface area contributed by atoms with Crippen molar-refractivity contribution in [2.75, 3.05) is 5.73 Å². The first kappa shape index (κ1) is 48.4. The molecule has 3 heterocycles. The van der Waals surface area contributed by atoms with Gasteiger partial charge in [0.25, 0.3) is 0 Å². The summed E-state index contributed by atoms with van der Waals surface area (Å²) in [5, 5.41) is 73.0. The molecule has 0 amide bonds. The van der Waals surface area contributed by atoms with Crippen molar-refractivity contribution in [1.82, 2.24) is 45.0 Å². The molecule has 11 aromatic rings. The second kappa shape index (κ2) is 21.8. The summed E-state index contributed by atoms with van der Waals surface area (Å²) in [6, 6.07) is 51.3. The fraction of sp³-hybridized carbons (Fsp3) is 0.0769. The van der Waals surface area contributed by atoms with Gasteiger partial charge in [0, 0.05) is 26.2 Å². The smallest absolute Gasteiger partial charge is 0.143 e. The zero-order valence-corrected chi connectivity index (χ0v) is 40.4. The Labute approximate surface area is 415 Å². The van der Waals surface area contributed by atoms with Crippen LogP contribution in [0.2, 0.25) is 0 Å². The molecule has 0 unspecified atom stereocenters. The molecule has 17 heteroatoms. The maximum Gasteiger partial charge on any atom is 0.143 e. The van der Waals surface area contributed by atoms with Crippen LogP contribution in [0.4, 0.5) is 17.1 Å². The third-order valence-corrected chi connectivity index (χ3v) is 10.2. The van der Waals surface area contributed by atoms with Gasteiger partial charge in [0.15, 0.2) is 0 Å². The SMILES string of the molecule is Cc1ccc(O)c(-n2nc3ccccc3n2)c1.Cc1ccc(O)c(-n2nc3ccccc3n2)c1.Cc1ccc(O)c(-n2nc3ccccc3n2)c1.Cc1ccc(O)c(N=Nc2ccccc2N)c1.[Zr]. The van der Waals surface area contributed by atoms with Gasteiger partial charge < -0.3 is 26.2 Å². The molecule has 0 spiro atoms. The molecule has 0 saturated heterocycles. The summed E-state index contributed by atoms with van der Waals surface area (Å²) in [6.07, 6.45) is 0. The van der Waals surface area contributed by atoms with Crippen LogP contribution in [0.3, 0.4) is 0 Å². The van der Waals surface area contributed by atoms with Crippen molar-refractivity contribution in [2.45, 2.75) is 27.7 Å². The Morgan fingerprint density at radius 1 is 0.348 bits per heavy atom. The number of hydrogen-bond donors (Lipinski definition) is 5. The van der Waals surface area contributed by atoms with Crippen molar-refractivity contribution >= 4 is 50.2 Å². The van der Waals surface area contributed by atoms with Crippen molar-refractivity contribution in [1.29, 1.82) is 0 Å². The summed E-state index contributed by atoms with van der Waals surface area (Å²) < 4.78 is 0. The second-order valence-electron chi connectivity index (χ2n) is 15.7. The Morgan fingerprint density at radius 3 is 0.957 bits per heavy atom. The van der Waals surface area contributed by atoms with E-state index in [1.54, 1.807) is 42.5 Å². The van der Waals surface area contributed by atoms with Crippen LogP contribution in [0, 0.1) is 27.7 Å². The molecule has 0 fully saturated rings. The molecule has 0 bridgehead atoms. The molecular weight excluding hydrogens is 948 g/mol. The largest absolute Gasteiger partial charge is 0.506 e. The number of rotatable bonds is 5. The van der Waals surface area contributed by atoms with Crippen LogP contribution in [0.15, 0.2) is 180 Å². The van der Waals surface area contributed by atoms with E-state index in [-0.39, 0.29) is 49.2 Å². The average Bonchev–Trinajstić information content (AvgIpc) is 4.10. The zero-order valence-electron chi connectivity index (χ0n) is 38.0. The van der Waals surface area contributed by atoms with Crippen LogP contribution in [-0.4, -0.2) is 65.4 Å². The number of para-hydroxylation sites is 1. The Morgan fingerprint density at radius 2 is 0.623 bits per heavy atom. The third-order valence-electron chi connectivity index (χ3n) is 10.2. The summed E-state index contributed by atoms with van der Waals surface area (Å²) in [7, 11) is 0. The number of benzene rings is 8. The summed E-state index contributed by atoms with van der Waals surface area (Å²) in [4.78, 5) is 4.40. The zero-order chi connectivity index (χ0) is 47.7. The maximum absolute atomic E-state index is 9.81. The Balaban J connectivity index is 0.000000135. The fourth-order valence-electron chi connectivity index (χ4n) is 6.68. The van der Waals surface area contributed by atoms with Gasteiger partial charge in [-0.25, -0.2) is 0 Å². The number of aryl methyl sites for hydroxylation is 4. The van der Waals surface area contributed by atoms with Crippen LogP contribution in [0.25, 0.3) is 50.2 Å². The van der Waals surface area contributed by atoms with Crippen LogP contribution in [0.1, 0.15) is 22.3 Å². The minimum atomic E-state index is 0. The second-order valence-corrected chi connectivity index (χ2v) is 15.7. The van der Waals surface area contributed by atoms with Crippen LogP contribution < -0.4 is 5.73 Å². The molecule has 6 N–H and O–H groups in total. The predicted molar refractivity (Wildman–Crippen MR) is 264 cm³/mol. The van der Waals surface area contributed by atoms with Crippen LogP contribution in [-0.2, 0) is 26.2 Å². The first-order valence-corrected chi connectivity index (χ1v) is 21.3. The number of nitrogens with zero attached hydrogens (tertiary/aromatic N) is 11. The number of azo groups is 1. The van der Waals surface area contributed by atoms with Gasteiger partial charge in [-0.15, -0.1) is 55.2 Å². The first-order valence-electron chi connectivity index (χ1n) is 21.3. The van der Waals surface area contributed by atoms with E-state index in [4.69, 9.17) is 5.73 Å². The minimum absolute atomic E-state index is 0. The normalized spacial score (nSPS) is 10.7. The molecule has 0 radical (unpaired) electrons. The molecule has 16 nitrogen and oxygen atoms in total. The van der Waals surface area contributed by atoms with E-state index in [2.05, 4.69) is 40.8 Å². The van der Waals surface area contributed by atoms with Crippen LogP contribution in [0.5, 0.6) is 23.0 Å². The maximum atomic E-state index is 9.81. The molecular formula is C52H46N12O4Zr. The molecule has 0 aliphatic rings. The Hall–Kier alpha value is -8.56. The van der Waals surface area contributed by atoms with Crippen LogP contribution >= 0.6 is 0 Å². The standard InChI is InChI=1S/3C13H11N3O.C13H13N3O.Zr/c3*1-9-6-7-13(17)12(8-9)16-14-10-4-2-3-5-11(10)15-16;1-9-6-7-13(17)12(8-9)16-15-11-5-3-2-4-10(11)14;/h3*2-8,17H,1H3;2-8,17H,14H2,1H3;. The van der Waals surface area contributed by atoms with E-state index in [1.165, 1.54) is 14.4 Å². The van der Waals surface area contributed by atoms with Gasteiger partial charge in [-0.1, -0.05) is 72.8 Å². The van der Waals surface area contributed by atoms with E-state index >= 15 is 0 Å². The number of fused-ring (bicyclic) bond motifs is 3. The topological polar surface area (TPSA) is 224 Å². The number of nitrogen functional groups attached to an aromatic ring is 1. The van der Waals surface area contributed by atoms with Gasteiger partial charge in [0.2, 0.25) is 0 Å². The molecule has 11 rings (SSSR count). The van der Waals surface area contributed by atoms with E-state index in [1.807, 2.05) is 155 Å². The quantitative estimate of drug-likeness (QED) is 0.0805. The fourth-order valence-corrected chi connectivity index (χ4v) is 6.68. The Kier molecular flexibility index (Phi) is 15.3. The van der Waals surface area contributed by atoms with Crippen molar-refractivity contribution in [3.05, 3.63) is 192 Å². The Bertz CT molecular complexity index is 3180. The number of aromatic hydroxyl groups is 4. The molecule has 8 aromatic carbocycles. The van der Waals surface area contributed by atoms with Gasteiger partial charge in [-0.2, -0.15) is 0 Å². The van der Waals surface area contributed by atoms with E-state index in [0.717, 1.165) is 55.4 Å². The summed E-state index contributed by atoms with van der Waals surface area (Å²) in [6.45, 7) is 7.82. The van der Waals surface area contributed by atoms with Gasteiger partial charge in [0.1, 0.15) is 84.5 Å². The van der Waals surface area contributed by atoms with Crippen molar-refractivity contribution < 1.29 is 46.6 Å². The number of phenols is 4. The average molecular weight is 994 g/mol. The van der Waals surface area contributed by atoms with Gasteiger partial charge in [-0.05, 0) is 147 Å². The molecule has 0 atom stereocenters. The van der Waals surface area contributed by atoms with E-state index in [0.29, 0.717) is 34.1 Å². The third kappa shape index (κ3) is 11.9. The summed E-state index contributed by atoms with van der Waals surface area (Å²) in [5.41, 5.74) is 18.2. The van der Waals surface area contributed by atoms with E-state index < -0.39 is 0 Å². The minimum Gasteiger partial charge on any atom is -0.506 e. The number of aromatic nitrogens is 9. The number of hydrogen-bond acceptors (Lipinski definition) is 13. The molecule has 0 saturated carbocycles. The van der Waals surface area contributed by atoms with Gasteiger partial charge in [0.05, 0.1) is 5.69 Å². The monoisotopic (exact) mass is 992 g/mol. The van der Waals surface area contributed by atoms with Gasteiger partial charge in [-0.3, -0.25) is 0 Å². The molecule has 69 heavy (non-hydrogen) atoms. The number of phenolic OH excluding ortho intramolecular Hbond substituents is 4. The molecule has 0 aliphatic heterocycles. The van der Waals surface area contributed by atoms with Crippen molar-refractivity contribution in [3.8, 4) is 40.1 Å². The predicted octanol–water partition coefficient (Wildman–Crippen LogP) is 11.0.